The molecular formula is C10H19NO. The Hall–Kier alpha value is -0.790. The molecule has 1 amide bonds. The normalized spacial score (nSPS) is 13.3. The Morgan fingerprint density at radius 2 is 2.00 bits per heavy atom. The van der Waals surface area contributed by atoms with E-state index in [0.717, 1.165) is 12.8 Å². The first-order valence-corrected chi connectivity index (χ1v) is 4.45. The van der Waals surface area contributed by atoms with Gasteiger partial charge in [0.05, 0.1) is 0 Å². The van der Waals surface area contributed by atoms with Crippen LogP contribution in [0, 0.1) is 5.92 Å². The molecule has 0 aliphatic heterocycles. The van der Waals surface area contributed by atoms with Crippen LogP contribution in [0.5, 0.6) is 0 Å². The summed E-state index contributed by atoms with van der Waals surface area (Å²) in [6.45, 7) is 4.05. The van der Waals surface area contributed by atoms with Gasteiger partial charge in [0.2, 0.25) is 5.91 Å². The number of nitrogens with zero attached hydrogens (tertiary/aromatic N) is 1. The average molecular weight is 169 g/mol. The first-order chi connectivity index (χ1) is 5.59. The molecule has 0 rings (SSSR count). The molecule has 0 saturated carbocycles. The molecule has 0 aromatic carbocycles. The molecule has 0 aromatic rings. The van der Waals surface area contributed by atoms with E-state index >= 15 is 0 Å². The summed E-state index contributed by atoms with van der Waals surface area (Å²) in [5.74, 6) is 0.318. The second-order valence-corrected chi connectivity index (χ2v) is 3.25. The molecule has 0 heterocycles. The van der Waals surface area contributed by atoms with E-state index in [2.05, 4.69) is 19.1 Å². The van der Waals surface area contributed by atoms with Crippen molar-refractivity contribution < 1.29 is 4.79 Å². The average Bonchev–Trinajstić information content (AvgIpc) is 2.03. The van der Waals surface area contributed by atoms with E-state index in [-0.39, 0.29) is 11.8 Å². The van der Waals surface area contributed by atoms with Gasteiger partial charge in [-0.25, -0.2) is 0 Å². The highest BCUT2D eigenvalue weighted by atomic mass is 16.2. The molecule has 0 spiro atoms. The van der Waals surface area contributed by atoms with E-state index < -0.39 is 0 Å². The second kappa shape index (κ2) is 5.81. The number of rotatable bonds is 4. The van der Waals surface area contributed by atoms with Crippen LogP contribution in [-0.2, 0) is 4.79 Å². The molecule has 2 heteroatoms. The lowest BCUT2D eigenvalue weighted by Gasteiger charge is -2.14. The van der Waals surface area contributed by atoms with Gasteiger partial charge in [-0.1, -0.05) is 26.0 Å². The number of allylic oxidation sites excluding steroid dienone is 2. The third kappa shape index (κ3) is 4.16. The monoisotopic (exact) mass is 169 g/mol. The van der Waals surface area contributed by atoms with Crippen molar-refractivity contribution in [2.24, 2.45) is 5.92 Å². The molecule has 0 aliphatic rings. The Bertz CT molecular complexity index is 161. The third-order valence-corrected chi connectivity index (χ3v) is 1.75. The Morgan fingerprint density at radius 1 is 1.42 bits per heavy atom. The second-order valence-electron chi connectivity index (χ2n) is 3.25. The van der Waals surface area contributed by atoms with Gasteiger partial charge in [-0.2, -0.15) is 0 Å². The standard InChI is InChI=1S/C10H19NO/c1-5-6-7-8-9(2)10(12)11(3)4/h6-7,9H,5,8H2,1-4H3/b7-6+. The summed E-state index contributed by atoms with van der Waals surface area (Å²) in [4.78, 5) is 13.0. The minimum atomic E-state index is 0.114. The van der Waals surface area contributed by atoms with Crippen molar-refractivity contribution in [2.45, 2.75) is 26.7 Å². The minimum absolute atomic E-state index is 0.114. The summed E-state index contributed by atoms with van der Waals surface area (Å²) in [6, 6.07) is 0. The van der Waals surface area contributed by atoms with Crippen molar-refractivity contribution in [1.29, 1.82) is 0 Å². The Kier molecular flexibility index (Phi) is 5.43. The van der Waals surface area contributed by atoms with Crippen molar-refractivity contribution in [3.8, 4) is 0 Å². The molecule has 70 valence electrons. The van der Waals surface area contributed by atoms with Gasteiger partial charge >= 0.3 is 0 Å². The van der Waals surface area contributed by atoms with Crippen molar-refractivity contribution >= 4 is 5.91 Å². The molecule has 0 aromatic heterocycles. The van der Waals surface area contributed by atoms with E-state index in [1.54, 1.807) is 19.0 Å². The van der Waals surface area contributed by atoms with Crippen LogP contribution in [0.1, 0.15) is 26.7 Å². The van der Waals surface area contributed by atoms with Gasteiger partial charge in [0, 0.05) is 20.0 Å². The summed E-state index contributed by atoms with van der Waals surface area (Å²) < 4.78 is 0. The third-order valence-electron chi connectivity index (χ3n) is 1.75. The van der Waals surface area contributed by atoms with Crippen LogP contribution in [0.15, 0.2) is 12.2 Å². The topological polar surface area (TPSA) is 20.3 Å². The Balaban J connectivity index is 3.79. The molecule has 0 radical (unpaired) electrons. The van der Waals surface area contributed by atoms with Crippen LogP contribution in [-0.4, -0.2) is 24.9 Å². The Labute approximate surface area is 75.3 Å². The molecule has 0 fully saturated rings. The molecule has 0 saturated heterocycles. The van der Waals surface area contributed by atoms with Gasteiger partial charge in [-0.05, 0) is 12.8 Å². The van der Waals surface area contributed by atoms with Crippen molar-refractivity contribution in [3.63, 3.8) is 0 Å². The van der Waals surface area contributed by atoms with E-state index in [0.29, 0.717) is 0 Å². The molecule has 2 nitrogen and oxygen atoms in total. The molecule has 0 bridgehead atoms. The molecule has 0 N–H and O–H groups in total. The van der Waals surface area contributed by atoms with Gasteiger partial charge in [0.25, 0.3) is 0 Å². The number of carbonyl (C=O) groups is 1. The maximum atomic E-state index is 11.3. The maximum Gasteiger partial charge on any atom is 0.225 e. The molecule has 12 heavy (non-hydrogen) atoms. The van der Waals surface area contributed by atoms with E-state index in [1.807, 2.05) is 6.92 Å². The van der Waals surface area contributed by atoms with Crippen LogP contribution < -0.4 is 0 Å². The van der Waals surface area contributed by atoms with E-state index in [4.69, 9.17) is 0 Å². The lowest BCUT2D eigenvalue weighted by molar-refractivity contribution is -0.132. The van der Waals surface area contributed by atoms with Crippen molar-refractivity contribution in [3.05, 3.63) is 12.2 Å². The summed E-state index contributed by atoms with van der Waals surface area (Å²) in [5, 5.41) is 0. The quantitative estimate of drug-likeness (QED) is 0.590. The molecule has 0 aliphatic carbocycles. The van der Waals surface area contributed by atoms with Crippen LogP contribution in [0.3, 0.4) is 0 Å². The highest BCUT2D eigenvalue weighted by molar-refractivity contribution is 5.78. The van der Waals surface area contributed by atoms with Crippen LogP contribution >= 0.6 is 0 Å². The van der Waals surface area contributed by atoms with Gasteiger partial charge in [-0.3, -0.25) is 4.79 Å². The van der Waals surface area contributed by atoms with Crippen molar-refractivity contribution in [2.75, 3.05) is 14.1 Å². The van der Waals surface area contributed by atoms with Gasteiger partial charge < -0.3 is 4.90 Å². The van der Waals surface area contributed by atoms with Crippen LogP contribution in [0.2, 0.25) is 0 Å². The predicted octanol–water partition coefficient (Wildman–Crippen LogP) is 2.07. The highest BCUT2D eigenvalue weighted by Crippen LogP contribution is 2.05. The lowest BCUT2D eigenvalue weighted by Crippen LogP contribution is -2.27. The Morgan fingerprint density at radius 3 is 2.42 bits per heavy atom. The van der Waals surface area contributed by atoms with Gasteiger partial charge in [-0.15, -0.1) is 0 Å². The zero-order chi connectivity index (χ0) is 9.56. The van der Waals surface area contributed by atoms with Gasteiger partial charge in [0.15, 0.2) is 0 Å². The van der Waals surface area contributed by atoms with E-state index in [9.17, 15) is 4.79 Å². The SMILES string of the molecule is CC/C=C/CC(C)C(=O)N(C)C. The molecular weight excluding hydrogens is 150 g/mol. The molecule has 1 atom stereocenters. The minimum Gasteiger partial charge on any atom is -0.349 e. The number of amides is 1. The zero-order valence-corrected chi connectivity index (χ0v) is 8.50. The summed E-state index contributed by atoms with van der Waals surface area (Å²) >= 11 is 0. The smallest absolute Gasteiger partial charge is 0.225 e. The summed E-state index contributed by atoms with van der Waals surface area (Å²) in [6.07, 6.45) is 6.07. The zero-order valence-electron chi connectivity index (χ0n) is 8.50. The van der Waals surface area contributed by atoms with Crippen LogP contribution in [0.4, 0.5) is 0 Å². The number of hydrogen-bond acceptors (Lipinski definition) is 1. The fraction of sp³-hybridized carbons (Fsp3) is 0.700. The van der Waals surface area contributed by atoms with E-state index in [1.165, 1.54) is 0 Å². The number of carbonyl (C=O) groups excluding carboxylic acids is 1. The largest absolute Gasteiger partial charge is 0.349 e. The molecule has 1 unspecified atom stereocenters. The first-order valence-electron chi connectivity index (χ1n) is 4.45. The van der Waals surface area contributed by atoms with Crippen molar-refractivity contribution in [1.82, 2.24) is 4.90 Å². The predicted molar refractivity (Wildman–Crippen MR) is 51.9 cm³/mol. The lowest BCUT2D eigenvalue weighted by atomic mass is 10.1. The maximum absolute atomic E-state index is 11.3. The first kappa shape index (κ1) is 11.2. The number of hydrogen-bond donors (Lipinski definition) is 0. The van der Waals surface area contributed by atoms with Crippen LogP contribution in [0.25, 0.3) is 0 Å². The fourth-order valence-corrected chi connectivity index (χ4v) is 1.01. The summed E-state index contributed by atoms with van der Waals surface area (Å²) in [7, 11) is 3.59. The van der Waals surface area contributed by atoms with Gasteiger partial charge in [0.1, 0.15) is 0 Å². The highest BCUT2D eigenvalue weighted by Gasteiger charge is 2.12. The summed E-state index contributed by atoms with van der Waals surface area (Å²) in [5.41, 5.74) is 0. The fourth-order valence-electron chi connectivity index (χ4n) is 1.01.